The number of alkyl halides is 3. The molecule has 0 fully saturated rings. The van der Waals surface area contributed by atoms with E-state index in [9.17, 15) is 17.7 Å². The molecule has 0 heterocycles. The molecule has 0 spiro atoms. The summed E-state index contributed by atoms with van der Waals surface area (Å²) in [5.41, 5.74) is 0. The molecule has 0 aliphatic carbocycles. The predicted octanol–water partition coefficient (Wildman–Crippen LogP) is 1.85. The molecule has 0 rings (SSSR count). The topological polar surface area (TPSA) is 46.5 Å². The molecule has 3 nitrogen and oxygen atoms in total. The van der Waals surface area contributed by atoms with Crippen molar-refractivity contribution in [3.8, 4) is 0 Å². The van der Waals surface area contributed by atoms with Crippen molar-refractivity contribution in [3.05, 3.63) is 12.4 Å². The van der Waals surface area contributed by atoms with Crippen molar-refractivity contribution in [2.45, 2.75) is 6.36 Å². The van der Waals surface area contributed by atoms with Crippen LogP contribution in [-0.2, 0) is 9.09 Å². The lowest BCUT2D eigenvalue weighted by Crippen LogP contribution is -2.10. The van der Waals surface area contributed by atoms with Gasteiger partial charge in [0.1, 0.15) is 0 Å². The van der Waals surface area contributed by atoms with Gasteiger partial charge in [-0.2, -0.15) is 0 Å². The summed E-state index contributed by atoms with van der Waals surface area (Å²) in [6.45, 7) is 2.68. The van der Waals surface area contributed by atoms with Crippen LogP contribution in [-0.4, -0.2) is 11.3 Å². The third-order valence-corrected chi connectivity index (χ3v) is 1.40. The third kappa shape index (κ3) is 4.55. The van der Waals surface area contributed by atoms with Gasteiger partial charge in [-0.05, 0) is 0 Å². The fraction of sp³-hybridized carbons (Fsp3) is 0.333. The maximum atomic E-state index is 11.1. The van der Waals surface area contributed by atoms with Gasteiger partial charge in [-0.15, -0.1) is 13.2 Å². The number of hydrogen-bond donors (Lipinski definition) is 1. The maximum Gasteiger partial charge on any atom is 0.529 e. The standard InChI is InChI=1S/C3H4F3O3P/c1-2-10(7,8)9-3(4,5)6/h2H,1H2,(H,7,8). The van der Waals surface area contributed by atoms with Crippen molar-refractivity contribution >= 4 is 7.60 Å². The molecule has 0 saturated heterocycles. The van der Waals surface area contributed by atoms with Crippen LogP contribution in [0.15, 0.2) is 12.4 Å². The van der Waals surface area contributed by atoms with Gasteiger partial charge in [0.05, 0.1) is 0 Å². The van der Waals surface area contributed by atoms with Crippen LogP contribution in [0.4, 0.5) is 13.2 Å². The SMILES string of the molecule is C=CP(=O)(O)OC(F)(F)F. The average molecular weight is 176 g/mol. The average Bonchev–Trinajstić information content (AvgIpc) is 1.60. The van der Waals surface area contributed by atoms with E-state index in [1.165, 1.54) is 0 Å². The smallest absolute Gasteiger partial charge is 0.321 e. The first-order valence-corrected chi connectivity index (χ1v) is 3.65. The van der Waals surface area contributed by atoms with E-state index in [1.54, 1.807) is 0 Å². The minimum Gasteiger partial charge on any atom is -0.321 e. The molecule has 0 bridgehead atoms. The molecular weight excluding hydrogens is 172 g/mol. The summed E-state index contributed by atoms with van der Waals surface area (Å²) < 4.78 is 46.3. The van der Waals surface area contributed by atoms with Crippen LogP contribution in [0.25, 0.3) is 0 Å². The van der Waals surface area contributed by atoms with Gasteiger partial charge in [0.2, 0.25) is 0 Å². The van der Waals surface area contributed by atoms with E-state index in [1.807, 2.05) is 0 Å². The highest BCUT2D eigenvalue weighted by atomic mass is 31.2. The van der Waals surface area contributed by atoms with Gasteiger partial charge in [-0.3, -0.25) is 4.57 Å². The van der Waals surface area contributed by atoms with Gasteiger partial charge in [0.15, 0.2) is 0 Å². The molecule has 1 atom stereocenters. The first kappa shape index (κ1) is 9.68. The summed E-state index contributed by atoms with van der Waals surface area (Å²) in [5.74, 6) is 0.209. The van der Waals surface area contributed by atoms with Crippen molar-refractivity contribution in [1.29, 1.82) is 0 Å². The highest BCUT2D eigenvalue weighted by Gasteiger charge is 2.37. The molecule has 0 aromatic heterocycles. The molecule has 0 aliphatic heterocycles. The lowest BCUT2D eigenvalue weighted by Gasteiger charge is -2.08. The second-order valence-electron chi connectivity index (χ2n) is 1.28. The van der Waals surface area contributed by atoms with Crippen molar-refractivity contribution in [2.24, 2.45) is 0 Å². The van der Waals surface area contributed by atoms with Gasteiger partial charge in [-0.25, -0.2) is 4.52 Å². The highest BCUT2D eigenvalue weighted by Crippen LogP contribution is 2.48. The lowest BCUT2D eigenvalue weighted by atomic mass is 11.3. The van der Waals surface area contributed by atoms with Crippen LogP contribution in [0.1, 0.15) is 0 Å². The van der Waals surface area contributed by atoms with Crippen LogP contribution in [0, 0.1) is 0 Å². The molecule has 0 amide bonds. The zero-order valence-electron chi connectivity index (χ0n) is 4.63. The molecule has 0 aromatic carbocycles. The molecular formula is C3H4F3O3P. The summed E-state index contributed by atoms with van der Waals surface area (Å²) in [6.07, 6.45) is -5.10. The summed E-state index contributed by atoms with van der Waals surface area (Å²) in [7, 11) is -4.66. The normalized spacial score (nSPS) is 18.0. The van der Waals surface area contributed by atoms with Gasteiger partial charge in [0.25, 0.3) is 0 Å². The van der Waals surface area contributed by atoms with Crippen LogP contribution >= 0.6 is 7.60 Å². The summed E-state index contributed by atoms with van der Waals surface area (Å²) in [6, 6.07) is 0. The largest absolute Gasteiger partial charge is 0.529 e. The van der Waals surface area contributed by atoms with Crippen LogP contribution < -0.4 is 0 Å². The fourth-order valence-corrected chi connectivity index (χ4v) is 0.557. The Morgan fingerprint density at radius 1 is 1.60 bits per heavy atom. The van der Waals surface area contributed by atoms with Crippen LogP contribution in [0.3, 0.4) is 0 Å². The van der Waals surface area contributed by atoms with E-state index in [0.717, 1.165) is 0 Å². The first-order chi connectivity index (χ1) is 4.27. The van der Waals surface area contributed by atoms with E-state index in [-0.39, 0.29) is 5.82 Å². The number of hydrogen-bond acceptors (Lipinski definition) is 2. The van der Waals surface area contributed by atoms with Crippen molar-refractivity contribution in [3.63, 3.8) is 0 Å². The monoisotopic (exact) mass is 176 g/mol. The third-order valence-electron chi connectivity index (χ3n) is 0.465. The van der Waals surface area contributed by atoms with Crippen LogP contribution in [0.2, 0.25) is 0 Å². The van der Waals surface area contributed by atoms with Gasteiger partial charge < -0.3 is 4.89 Å². The summed E-state index contributed by atoms with van der Waals surface area (Å²) in [4.78, 5) is 8.15. The predicted molar refractivity (Wildman–Crippen MR) is 27.2 cm³/mol. The van der Waals surface area contributed by atoms with Crippen molar-refractivity contribution in [1.82, 2.24) is 0 Å². The Hall–Kier alpha value is -0.320. The van der Waals surface area contributed by atoms with Crippen molar-refractivity contribution < 1.29 is 27.2 Å². The Morgan fingerprint density at radius 2 is 2.00 bits per heavy atom. The Balaban J connectivity index is 4.16. The molecule has 10 heavy (non-hydrogen) atoms. The minimum absolute atomic E-state index is 0.209. The molecule has 0 radical (unpaired) electrons. The molecule has 0 saturated carbocycles. The number of halogens is 3. The Kier molecular flexibility index (Phi) is 2.65. The molecule has 60 valence electrons. The minimum atomic E-state index is -5.10. The van der Waals surface area contributed by atoms with Crippen LogP contribution in [0.5, 0.6) is 0 Å². The molecule has 1 N–H and O–H groups in total. The van der Waals surface area contributed by atoms with E-state index in [2.05, 4.69) is 11.1 Å². The Labute approximate surface area is 54.6 Å². The number of rotatable bonds is 2. The molecule has 0 aliphatic rings. The van der Waals surface area contributed by atoms with Gasteiger partial charge in [0, 0.05) is 5.82 Å². The second-order valence-corrected chi connectivity index (χ2v) is 2.96. The lowest BCUT2D eigenvalue weighted by molar-refractivity contribution is -0.276. The van der Waals surface area contributed by atoms with E-state index in [4.69, 9.17) is 4.89 Å². The highest BCUT2D eigenvalue weighted by molar-refractivity contribution is 7.56. The fourth-order valence-electron chi connectivity index (χ4n) is 0.186. The Bertz CT molecular complexity index is 174. The zero-order valence-corrected chi connectivity index (χ0v) is 5.52. The van der Waals surface area contributed by atoms with Gasteiger partial charge >= 0.3 is 14.0 Å². The van der Waals surface area contributed by atoms with Crippen molar-refractivity contribution in [2.75, 3.05) is 0 Å². The summed E-state index contributed by atoms with van der Waals surface area (Å²) >= 11 is 0. The summed E-state index contributed by atoms with van der Waals surface area (Å²) in [5, 5.41) is 0. The molecule has 0 aromatic rings. The first-order valence-electron chi connectivity index (χ1n) is 2.00. The van der Waals surface area contributed by atoms with E-state index in [0.29, 0.717) is 0 Å². The molecule has 1 unspecified atom stereocenters. The van der Waals surface area contributed by atoms with Gasteiger partial charge in [-0.1, -0.05) is 6.58 Å². The zero-order chi connectivity index (χ0) is 8.41. The van der Waals surface area contributed by atoms with E-state index < -0.39 is 14.0 Å². The maximum absolute atomic E-state index is 11.1. The van der Waals surface area contributed by atoms with E-state index >= 15 is 0 Å². The quantitative estimate of drug-likeness (QED) is 0.653. The molecule has 7 heteroatoms. The Morgan fingerprint density at radius 3 is 2.10 bits per heavy atom. The second kappa shape index (κ2) is 2.74.